The summed E-state index contributed by atoms with van der Waals surface area (Å²) in [6, 6.07) is 17.2. The van der Waals surface area contributed by atoms with E-state index in [1.807, 2.05) is 34.1 Å². The van der Waals surface area contributed by atoms with E-state index in [0.29, 0.717) is 34.3 Å². The van der Waals surface area contributed by atoms with E-state index in [4.69, 9.17) is 52.9 Å². The fraction of sp³-hybridized carbons (Fsp3) is 0.265. The molecule has 0 amide bonds. The van der Waals surface area contributed by atoms with Crippen molar-refractivity contribution in [2.75, 3.05) is 13.1 Å². The number of fused-ring (bicyclic) bond motifs is 2. The summed E-state index contributed by atoms with van der Waals surface area (Å²) in [6.07, 6.45) is -3.28. The monoisotopic (exact) mass is 818 g/mol. The molecule has 4 aromatic rings. The Balaban J connectivity index is 0.000000216. The number of halogens is 5. The Morgan fingerprint density at radius 3 is 1.25 bits per heavy atom. The first-order valence-corrected chi connectivity index (χ1v) is 17.7. The first-order chi connectivity index (χ1) is 24.9. The molecule has 12 nitrogen and oxygen atoms in total. The summed E-state index contributed by atoms with van der Waals surface area (Å²) >= 11 is 15.8. The van der Waals surface area contributed by atoms with Gasteiger partial charge in [0.2, 0.25) is 0 Å². The molecule has 2 atom stereocenters. The average molecular weight is 820 g/mol. The van der Waals surface area contributed by atoms with E-state index in [1.54, 1.807) is 46.9 Å². The van der Waals surface area contributed by atoms with E-state index in [1.165, 1.54) is 20.9 Å². The molecule has 53 heavy (non-hydrogen) atoms. The zero-order chi connectivity index (χ0) is 39.5. The molecule has 2 aliphatic rings. The van der Waals surface area contributed by atoms with Gasteiger partial charge in [-0.2, -0.15) is 13.2 Å². The van der Waals surface area contributed by atoms with Crippen molar-refractivity contribution in [3.05, 3.63) is 113 Å². The van der Waals surface area contributed by atoms with Crippen LogP contribution in [0.3, 0.4) is 0 Å². The van der Waals surface area contributed by atoms with Gasteiger partial charge in [0.1, 0.15) is 12.1 Å². The third-order valence-electron chi connectivity index (χ3n) is 7.70. The molecule has 2 aromatic heterocycles. The highest BCUT2D eigenvalue weighted by molar-refractivity contribution is 7.10. The quantitative estimate of drug-likeness (QED) is 0.126. The Kier molecular flexibility index (Phi) is 15.8. The van der Waals surface area contributed by atoms with Crippen LogP contribution in [0, 0.1) is 0 Å². The summed E-state index contributed by atoms with van der Waals surface area (Å²) in [5, 5.41) is 46.3. The third-order valence-corrected chi connectivity index (χ3v) is 10.4. The summed E-state index contributed by atoms with van der Waals surface area (Å²) < 4.78 is 31.7. The average Bonchev–Trinajstić information content (AvgIpc) is 3.76. The van der Waals surface area contributed by atoms with E-state index in [-0.39, 0.29) is 0 Å². The van der Waals surface area contributed by atoms with Gasteiger partial charge < -0.3 is 25.5 Å². The highest BCUT2D eigenvalue weighted by Crippen LogP contribution is 2.35. The second-order valence-corrected chi connectivity index (χ2v) is 13.9. The Morgan fingerprint density at radius 2 is 0.962 bits per heavy atom. The molecule has 6 rings (SSSR count). The van der Waals surface area contributed by atoms with Crippen LogP contribution in [0.4, 0.5) is 13.2 Å². The fourth-order valence-electron chi connectivity index (χ4n) is 5.35. The molecular weight excluding hydrogens is 788 g/mol. The SMILES string of the molecule is O=C(O)C(=O)O.O=C(O)C(F)(F)F.O=C(O)[C@H](c1ccccc1Cl)N1CCc2sccc2C1.O=C(O)[C@H](c1ccccc1Cl)N1CCc2sccc2C1. The number of aliphatic carboxylic acids is 5. The predicted molar refractivity (Wildman–Crippen MR) is 189 cm³/mol. The molecule has 0 bridgehead atoms. The highest BCUT2D eigenvalue weighted by Gasteiger charge is 2.38. The molecule has 0 saturated carbocycles. The number of hydrogen-bond donors (Lipinski definition) is 5. The van der Waals surface area contributed by atoms with Crippen LogP contribution in [0.1, 0.15) is 44.1 Å². The van der Waals surface area contributed by atoms with Crippen LogP contribution in [-0.4, -0.2) is 84.4 Å². The van der Waals surface area contributed by atoms with Crippen LogP contribution < -0.4 is 0 Å². The third kappa shape index (κ3) is 12.3. The zero-order valence-electron chi connectivity index (χ0n) is 27.2. The molecule has 0 spiro atoms. The maximum absolute atomic E-state index is 11.7. The number of thiophene rings is 2. The van der Waals surface area contributed by atoms with E-state index < -0.39 is 48.1 Å². The molecule has 284 valence electrons. The Bertz CT molecular complexity index is 1800. The lowest BCUT2D eigenvalue weighted by Gasteiger charge is -2.32. The van der Waals surface area contributed by atoms with Gasteiger partial charge in [-0.15, -0.1) is 22.7 Å². The Hall–Kier alpha value is -4.52. The van der Waals surface area contributed by atoms with Gasteiger partial charge in [-0.25, -0.2) is 14.4 Å². The minimum absolute atomic E-state index is 0.510. The van der Waals surface area contributed by atoms with Crippen LogP contribution in [-0.2, 0) is 49.9 Å². The summed E-state index contributed by atoms with van der Waals surface area (Å²) in [4.78, 5) is 57.2. The second-order valence-electron chi connectivity index (χ2n) is 11.1. The fourth-order valence-corrected chi connectivity index (χ4v) is 7.60. The van der Waals surface area contributed by atoms with Gasteiger partial charge in [-0.1, -0.05) is 59.6 Å². The lowest BCUT2D eigenvalue weighted by Crippen LogP contribution is -2.37. The molecule has 0 fully saturated rings. The first kappa shape index (κ1) is 42.9. The van der Waals surface area contributed by atoms with Crippen molar-refractivity contribution in [1.82, 2.24) is 9.80 Å². The molecule has 0 aliphatic carbocycles. The number of carboxylic acid groups (broad SMARTS) is 5. The normalized spacial score (nSPS) is 14.9. The van der Waals surface area contributed by atoms with E-state index >= 15 is 0 Å². The molecular formula is C34H31Cl2F3N2O10S2. The number of nitrogens with zero attached hydrogens (tertiary/aromatic N) is 2. The lowest BCUT2D eigenvalue weighted by atomic mass is 10.0. The molecule has 5 N–H and O–H groups in total. The lowest BCUT2D eigenvalue weighted by molar-refractivity contribution is -0.192. The minimum Gasteiger partial charge on any atom is -0.480 e. The molecule has 0 radical (unpaired) electrons. The second kappa shape index (κ2) is 19.5. The van der Waals surface area contributed by atoms with Gasteiger partial charge in [0, 0.05) is 46.0 Å². The predicted octanol–water partition coefficient (Wildman–Crippen LogP) is 6.96. The van der Waals surface area contributed by atoms with Crippen LogP contribution in [0.5, 0.6) is 0 Å². The number of alkyl halides is 3. The van der Waals surface area contributed by atoms with Gasteiger partial charge in [0.25, 0.3) is 0 Å². The van der Waals surface area contributed by atoms with Crippen molar-refractivity contribution in [2.45, 2.75) is 44.2 Å². The van der Waals surface area contributed by atoms with Crippen molar-refractivity contribution in [2.24, 2.45) is 0 Å². The summed E-state index contributed by atoms with van der Waals surface area (Å²) in [7, 11) is 0. The number of hydrogen-bond acceptors (Lipinski definition) is 9. The van der Waals surface area contributed by atoms with Gasteiger partial charge in [-0.05, 0) is 70.1 Å². The van der Waals surface area contributed by atoms with Crippen LogP contribution in [0.15, 0.2) is 71.4 Å². The van der Waals surface area contributed by atoms with Crippen molar-refractivity contribution in [1.29, 1.82) is 0 Å². The Labute approximate surface area is 317 Å². The highest BCUT2D eigenvalue weighted by atomic mass is 35.5. The molecule has 2 aromatic carbocycles. The number of carbonyl (C=O) groups is 5. The maximum Gasteiger partial charge on any atom is 0.490 e. The smallest absolute Gasteiger partial charge is 0.480 e. The van der Waals surface area contributed by atoms with Gasteiger partial charge in [-0.3, -0.25) is 19.4 Å². The van der Waals surface area contributed by atoms with Gasteiger partial charge in [0.05, 0.1) is 0 Å². The van der Waals surface area contributed by atoms with Crippen molar-refractivity contribution in [3.63, 3.8) is 0 Å². The topological polar surface area (TPSA) is 193 Å². The minimum atomic E-state index is -5.08. The standard InChI is InChI=1S/2C15H14ClNO2S.C2HF3O2.C2H2O4/c2*16-12-4-2-1-3-11(12)14(15(18)19)17-7-5-13-10(9-17)6-8-20-13;3-2(4,5)1(6)7;3-1(4)2(5)6/h2*1-4,6,8,14H,5,7,9H2,(H,18,19);(H,6,7);(H,3,4)(H,5,6)/t2*14-;;/m00../s1. The van der Waals surface area contributed by atoms with Crippen LogP contribution in [0.25, 0.3) is 0 Å². The number of benzene rings is 2. The van der Waals surface area contributed by atoms with E-state index in [0.717, 1.165) is 25.9 Å². The maximum atomic E-state index is 11.7. The zero-order valence-corrected chi connectivity index (χ0v) is 30.3. The Morgan fingerprint density at radius 1 is 0.623 bits per heavy atom. The molecule has 0 saturated heterocycles. The van der Waals surface area contributed by atoms with Crippen molar-refractivity contribution in [3.8, 4) is 0 Å². The van der Waals surface area contributed by atoms with Gasteiger partial charge in [0.15, 0.2) is 0 Å². The van der Waals surface area contributed by atoms with E-state index in [9.17, 15) is 33.0 Å². The largest absolute Gasteiger partial charge is 0.490 e. The van der Waals surface area contributed by atoms with Crippen molar-refractivity contribution < 1.29 is 62.7 Å². The first-order valence-electron chi connectivity index (χ1n) is 15.2. The summed E-state index contributed by atoms with van der Waals surface area (Å²) in [5.74, 6) is -8.11. The van der Waals surface area contributed by atoms with E-state index in [2.05, 4.69) is 22.9 Å². The van der Waals surface area contributed by atoms with Crippen LogP contribution >= 0.6 is 45.9 Å². The molecule has 0 unspecified atom stereocenters. The molecule has 19 heteroatoms. The van der Waals surface area contributed by atoms with Crippen LogP contribution in [0.2, 0.25) is 10.0 Å². The van der Waals surface area contributed by atoms with Gasteiger partial charge >= 0.3 is 36.0 Å². The van der Waals surface area contributed by atoms with Crippen molar-refractivity contribution >= 4 is 75.7 Å². The summed E-state index contributed by atoms with van der Waals surface area (Å²) in [6.45, 7) is 2.83. The molecule has 2 aliphatic heterocycles. The molecule has 4 heterocycles. The summed E-state index contributed by atoms with van der Waals surface area (Å²) in [5.41, 5.74) is 3.81. The number of carboxylic acids is 5. The number of rotatable bonds is 6.